The molecular weight excluding hydrogens is 328 g/mol. The minimum absolute atomic E-state index is 0.0568. The van der Waals surface area contributed by atoms with Gasteiger partial charge in [0.05, 0.1) is 20.6 Å². The zero-order valence-corrected chi connectivity index (χ0v) is 13.4. The number of thiophene rings is 1. The number of ketones is 1. The van der Waals surface area contributed by atoms with E-state index in [1.54, 1.807) is 7.05 Å². The first-order valence-corrected chi connectivity index (χ1v) is 7.79. The number of hydrogen-bond acceptors (Lipinski definition) is 4. The molecule has 19 heavy (non-hydrogen) atoms. The van der Waals surface area contributed by atoms with Gasteiger partial charge in [-0.3, -0.25) is 14.5 Å². The molecule has 0 aromatic carbocycles. The fourth-order valence-corrected chi connectivity index (χ4v) is 3.74. The minimum Gasteiger partial charge on any atom is -0.359 e. The maximum Gasteiger partial charge on any atom is 0.227 e. The summed E-state index contributed by atoms with van der Waals surface area (Å²) in [4.78, 5) is 26.8. The van der Waals surface area contributed by atoms with Crippen LogP contribution in [0.1, 0.15) is 23.0 Å². The van der Waals surface area contributed by atoms with E-state index in [1.807, 2.05) is 19.1 Å². The first-order valence-electron chi connectivity index (χ1n) is 6.18. The fraction of sp³-hybridized carbons (Fsp3) is 0.538. The first kappa shape index (κ1) is 14.7. The fourth-order valence-electron chi connectivity index (χ4n) is 2.42. The molecule has 0 saturated carbocycles. The molecule has 6 heteroatoms. The molecule has 1 amide bonds. The Morgan fingerprint density at radius 2 is 2.26 bits per heavy atom. The molecule has 1 fully saturated rings. The van der Waals surface area contributed by atoms with Gasteiger partial charge < -0.3 is 5.32 Å². The van der Waals surface area contributed by atoms with Crippen molar-refractivity contribution in [2.24, 2.45) is 5.41 Å². The van der Waals surface area contributed by atoms with Gasteiger partial charge in [0.2, 0.25) is 5.91 Å². The number of Topliss-reactive ketones (excluding diaryl/α,β-unsaturated/α-hetero) is 1. The van der Waals surface area contributed by atoms with Gasteiger partial charge in [-0.1, -0.05) is 0 Å². The van der Waals surface area contributed by atoms with Gasteiger partial charge in [-0.05, 0) is 48.0 Å². The predicted molar refractivity (Wildman–Crippen MR) is 79.6 cm³/mol. The summed E-state index contributed by atoms with van der Waals surface area (Å²) in [6.45, 7) is 3.78. The molecule has 1 unspecified atom stereocenters. The van der Waals surface area contributed by atoms with E-state index < -0.39 is 0 Å². The zero-order valence-electron chi connectivity index (χ0n) is 11.0. The lowest BCUT2D eigenvalue weighted by Crippen LogP contribution is -2.39. The van der Waals surface area contributed by atoms with Crippen molar-refractivity contribution in [3.63, 3.8) is 0 Å². The van der Waals surface area contributed by atoms with Gasteiger partial charge in [0.25, 0.3) is 0 Å². The van der Waals surface area contributed by atoms with Crippen molar-refractivity contribution in [1.82, 2.24) is 10.2 Å². The van der Waals surface area contributed by atoms with Crippen molar-refractivity contribution < 1.29 is 9.59 Å². The van der Waals surface area contributed by atoms with Gasteiger partial charge >= 0.3 is 0 Å². The second-order valence-corrected chi connectivity index (χ2v) is 7.59. The number of amides is 1. The molecule has 1 aliphatic heterocycles. The van der Waals surface area contributed by atoms with Crippen LogP contribution in [0, 0.1) is 5.41 Å². The summed E-state index contributed by atoms with van der Waals surface area (Å²) in [5, 5.41) is 2.70. The van der Waals surface area contributed by atoms with E-state index in [9.17, 15) is 9.59 Å². The zero-order chi connectivity index (χ0) is 14.0. The van der Waals surface area contributed by atoms with Gasteiger partial charge in [-0.15, -0.1) is 11.3 Å². The highest BCUT2D eigenvalue weighted by molar-refractivity contribution is 9.11. The molecule has 2 rings (SSSR count). The van der Waals surface area contributed by atoms with Gasteiger partial charge in [0, 0.05) is 13.6 Å². The summed E-state index contributed by atoms with van der Waals surface area (Å²) in [6, 6.07) is 3.72. The molecule has 1 saturated heterocycles. The van der Waals surface area contributed by atoms with Gasteiger partial charge in [-0.2, -0.15) is 0 Å². The Kier molecular flexibility index (Phi) is 4.43. The van der Waals surface area contributed by atoms with Crippen LogP contribution in [0.15, 0.2) is 15.9 Å². The van der Waals surface area contributed by atoms with Crippen molar-refractivity contribution in [3.8, 4) is 0 Å². The topological polar surface area (TPSA) is 49.4 Å². The average Bonchev–Trinajstić information content (AvgIpc) is 2.96. The van der Waals surface area contributed by atoms with Crippen molar-refractivity contribution >= 4 is 39.0 Å². The number of nitrogens with zero attached hydrogens (tertiary/aromatic N) is 1. The molecule has 0 radical (unpaired) electrons. The maximum atomic E-state index is 12.1. The quantitative estimate of drug-likeness (QED) is 0.851. The average molecular weight is 345 g/mol. The molecule has 1 atom stereocenters. The molecule has 4 nitrogen and oxygen atoms in total. The Bertz CT molecular complexity index is 503. The van der Waals surface area contributed by atoms with Gasteiger partial charge in [0.1, 0.15) is 0 Å². The molecule has 1 aromatic heterocycles. The highest BCUT2D eigenvalue weighted by Crippen LogP contribution is 2.30. The molecule has 1 aromatic rings. The molecule has 1 N–H and O–H groups in total. The van der Waals surface area contributed by atoms with Crippen LogP contribution in [0.3, 0.4) is 0 Å². The smallest absolute Gasteiger partial charge is 0.227 e. The summed E-state index contributed by atoms with van der Waals surface area (Å²) < 4.78 is 0.965. The van der Waals surface area contributed by atoms with Crippen LogP contribution in [0.2, 0.25) is 0 Å². The van der Waals surface area contributed by atoms with Crippen LogP contribution in [0.5, 0.6) is 0 Å². The molecule has 0 bridgehead atoms. The van der Waals surface area contributed by atoms with Crippen molar-refractivity contribution in [2.75, 3.05) is 26.7 Å². The SMILES string of the molecule is CNC(=O)C1(C)CCN(CC(=O)c2ccc(Br)s2)C1. The highest BCUT2D eigenvalue weighted by Gasteiger charge is 2.40. The molecule has 2 heterocycles. The number of carbonyl (C=O) groups is 2. The molecule has 0 spiro atoms. The van der Waals surface area contributed by atoms with Crippen LogP contribution in [0.25, 0.3) is 0 Å². The lowest BCUT2D eigenvalue weighted by molar-refractivity contribution is -0.129. The second-order valence-electron chi connectivity index (χ2n) is 5.13. The predicted octanol–water partition coefficient (Wildman–Crippen LogP) is 2.15. The van der Waals surface area contributed by atoms with Crippen LogP contribution >= 0.6 is 27.3 Å². The van der Waals surface area contributed by atoms with Crippen LogP contribution < -0.4 is 5.32 Å². The van der Waals surface area contributed by atoms with Crippen molar-refractivity contribution in [1.29, 1.82) is 0 Å². The number of halogens is 1. The Morgan fingerprint density at radius 3 is 2.84 bits per heavy atom. The lowest BCUT2D eigenvalue weighted by atomic mass is 9.89. The van der Waals surface area contributed by atoms with Gasteiger partial charge in [0.15, 0.2) is 5.78 Å². The van der Waals surface area contributed by atoms with E-state index in [4.69, 9.17) is 0 Å². The van der Waals surface area contributed by atoms with E-state index >= 15 is 0 Å². The van der Waals surface area contributed by atoms with Gasteiger partial charge in [-0.25, -0.2) is 0 Å². The van der Waals surface area contributed by atoms with Crippen LogP contribution in [-0.2, 0) is 4.79 Å². The van der Waals surface area contributed by atoms with E-state index in [2.05, 4.69) is 26.1 Å². The number of rotatable bonds is 4. The van der Waals surface area contributed by atoms with Crippen LogP contribution in [0.4, 0.5) is 0 Å². The lowest BCUT2D eigenvalue weighted by Gasteiger charge is -2.22. The molecule has 1 aliphatic rings. The number of nitrogens with one attached hydrogen (secondary N) is 1. The summed E-state index contributed by atoms with van der Waals surface area (Å²) in [6.07, 6.45) is 0.800. The van der Waals surface area contributed by atoms with E-state index in [0.717, 1.165) is 21.6 Å². The second kappa shape index (κ2) is 5.73. The molecular formula is C13H17BrN2O2S. The van der Waals surface area contributed by atoms with E-state index in [0.29, 0.717) is 13.1 Å². The number of hydrogen-bond donors (Lipinski definition) is 1. The Hall–Kier alpha value is -0.720. The Balaban J connectivity index is 1.95. The maximum absolute atomic E-state index is 12.1. The molecule has 0 aliphatic carbocycles. The summed E-state index contributed by atoms with van der Waals surface area (Å²) >= 11 is 4.81. The van der Waals surface area contributed by atoms with E-state index in [-0.39, 0.29) is 17.1 Å². The normalized spacial score (nSPS) is 23.5. The van der Waals surface area contributed by atoms with Crippen LogP contribution in [-0.4, -0.2) is 43.3 Å². The van der Waals surface area contributed by atoms with Crippen molar-refractivity contribution in [3.05, 3.63) is 20.8 Å². The minimum atomic E-state index is -0.370. The number of carbonyl (C=O) groups excluding carboxylic acids is 2. The number of likely N-dealkylation sites (tertiary alicyclic amines) is 1. The third-order valence-electron chi connectivity index (χ3n) is 3.54. The molecule has 104 valence electrons. The largest absolute Gasteiger partial charge is 0.359 e. The van der Waals surface area contributed by atoms with Crippen molar-refractivity contribution in [2.45, 2.75) is 13.3 Å². The summed E-state index contributed by atoms with van der Waals surface area (Å²) in [7, 11) is 1.66. The highest BCUT2D eigenvalue weighted by atomic mass is 79.9. The Labute approximate surface area is 125 Å². The standard InChI is InChI=1S/C13H17BrN2O2S/c1-13(12(18)15-2)5-6-16(8-13)7-9(17)10-3-4-11(14)19-10/h3-4H,5-8H2,1-2H3,(H,15,18). The van der Waals surface area contributed by atoms with E-state index in [1.165, 1.54) is 11.3 Å². The summed E-state index contributed by atoms with van der Waals surface area (Å²) in [5.41, 5.74) is -0.370. The third kappa shape index (κ3) is 3.24. The monoisotopic (exact) mass is 344 g/mol. The first-order chi connectivity index (χ1) is 8.94. The third-order valence-corrected chi connectivity index (χ3v) is 5.21. The Morgan fingerprint density at radius 1 is 1.53 bits per heavy atom. The summed E-state index contributed by atoms with van der Waals surface area (Å²) in [5.74, 6) is 0.179.